The molecule has 1 amide bonds. The highest BCUT2D eigenvalue weighted by molar-refractivity contribution is 5.94. The maximum Gasteiger partial charge on any atom is 0.251 e. The molecule has 0 saturated heterocycles. The third-order valence-electron chi connectivity index (χ3n) is 3.68. The van der Waals surface area contributed by atoms with Crippen LogP contribution >= 0.6 is 0 Å². The van der Waals surface area contributed by atoms with Gasteiger partial charge in [0.15, 0.2) is 0 Å². The predicted molar refractivity (Wildman–Crippen MR) is 74.8 cm³/mol. The Morgan fingerprint density at radius 3 is 2.40 bits per heavy atom. The van der Waals surface area contributed by atoms with Gasteiger partial charge in [-0.25, -0.2) is 8.78 Å². The van der Waals surface area contributed by atoms with Crippen molar-refractivity contribution in [2.24, 2.45) is 5.92 Å². The molecule has 1 aliphatic rings. The first kappa shape index (κ1) is 14.8. The fourth-order valence-electron chi connectivity index (χ4n) is 2.60. The third-order valence-corrected chi connectivity index (χ3v) is 3.68. The van der Waals surface area contributed by atoms with Gasteiger partial charge in [-0.3, -0.25) is 4.79 Å². The van der Waals surface area contributed by atoms with E-state index in [0.29, 0.717) is 19.0 Å². The molecule has 5 heteroatoms. The summed E-state index contributed by atoms with van der Waals surface area (Å²) in [5.74, 6) is -1.40. The molecule has 0 spiro atoms. The number of anilines is 1. The summed E-state index contributed by atoms with van der Waals surface area (Å²) in [5, 5.41) is 5.36. The molecule has 20 heavy (non-hydrogen) atoms. The molecule has 1 aromatic rings. The average Bonchev–Trinajstić information content (AvgIpc) is 2.93. The molecule has 0 bridgehead atoms. The van der Waals surface area contributed by atoms with E-state index in [0.717, 1.165) is 25.0 Å². The Hall–Kier alpha value is -1.65. The van der Waals surface area contributed by atoms with Gasteiger partial charge in [0.1, 0.15) is 17.3 Å². The highest BCUT2D eigenvalue weighted by Gasteiger charge is 2.18. The summed E-state index contributed by atoms with van der Waals surface area (Å²) >= 11 is 0. The first-order valence-electron chi connectivity index (χ1n) is 7.13. The minimum absolute atomic E-state index is 0.0275. The van der Waals surface area contributed by atoms with Gasteiger partial charge in [-0.2, -0.15) is 0 Å². The second kappa shape index (κ2) is 6.68. The summed E-state index contributed by atoms with van der Waals surface area (Å²) in [5.41, 5.74) is -0.153. The zero-order chi connectivity index (χ0) is 14.5. The van der Waals surface area contributed by atoms with Crippen LogP contribution in [0.15, 0.2) is 12.1 Å². The lowest BCUT2D eigenvalue weighted by Crippen LogP contribution is -2.28. The molecule has 0 heterocycles. The van der Waals surface area contributed by atoms with Crippen molar-refractivity contribution in [3.05, 3.63) is 29.3 Å². The van der Waals surface area contributed by atoms with Crippen LogP contribution in [-0.4, -0.2) is 19.0 Å². The van der Waals surface area contributed by atoms with E-state index in [1.807, 2.05) is 0 Å². The minimum atomic E-state index is -0.738. The van der Waals surface area contributed by atoms with Gasteiger partial charge in [0.05, 0.1) is 0 Å². The lowest BCUT2D eigenvalue weighted by atomic mass is 10.1. The van der Waals surface area contributed by atoms with Crippen molar-refractivity contribution in [1.29, 1.82) is 0 Å². The first-order chi connectivity index (χ1) is 9.61. The zero-order valence-electron chi connectivity index (χ0n) is 11.6. The van der Waals surface area contributed by atoms with Gasteiger partial charge >= 0.3 is 0 Å². The van der Waals surface area contributed by atoms with Crippen molar-refractivity contribution in [3.8, 4) is 0 Å². The highest BCUT2D eigenvalue weighted by atomic mass is 19.1. The van der Waals surface area contributed by atoms with Crippen LogP contribution in [0.25, 0.3) is 0 Å². The Bertz CT molecular complexity index is 462. The summed E-state index contributed by atoms with van der Waals surface area (Å²) < 4.78 is 27.4. The maximum atomic E-state index is 13.7. The van der Waals surface area contributed by atoms with Crippen LogP contribution in [0.1, 0.15) is 43.0 Å². The second-order valence-corrected chi connectivity index (χ2v) is 5.21. The van der Waals surface area contributed by atoms with Crippen molar-refractivity contribution >= 4 is 11.6 Å². The summed E-state index contributed by atoms with van der Waals surface area (Å²) in [6, 6.07) is 2.15. The SMILES string of the molecule is CCNc1c(F)cc(C(=O)NCC2CCCC2)cc1F. The molecule has 2 N–H and O–H groups in total. The van der Waals surface area contributed by atoms with Crippen molar-refractivity contribution < 1.29 is 13.6 Å². The Balaban J connectivity index is 2.02. The lowest BCUT2D eigenvalue weighted by Gasteiger charge is -2.12. The number of hydrogen-bond acceptors (Lipinski definition) is 2. The number of carbonyl (C=O) groups is 1. The van der Waals surface area contributed by atoms with Crippen molar-refractivity contribution in [1.82, 2.24) is 5.32 Å². The predicted octanol–water partition coefficient (Wildman–Crippen LogP) is 3.32. The topological polar surface area (TPSA) is 41.1 Å². The van der Waals surface area contributed by atoms with E-state index in [2.05, 4.69) is 10.6 Å². The summed E-state index contributed by atoms with van der Waals surface area (Å²) in [6.45, 7) is 2.75. The Kier molecular flexibility index (Phi) is 4.93. The van der Waals surface area contributed by atoms with Gasteiger partial charge in [0.2, 0.25) is 0 Å². The summed E-state index contributed by atoms with van der Waals surface area (Å²) in [6.07, 6.45) is 4.62. The molecule has 1 saturated carbocycles. The third kappa shape index (κ3) is 3.46. The van der Waals surface area contributed by atoms with Crippen LogP contribution in [0.5, 0.6) is 0 Å². The monoisotopic (exact) mass is 282 g/mol. The van der Waals surface area contributed by atoms with Gasteiger partial charge in [-0.1, -0.05) is 12.8 Å². The van der Waals surface area contributed by atoms with Gasteiger partial charge in [-0.15, -0.1) is 0 Å². The minimum Gasteiger partial charge on any atom is -0.381 e. The van der Waals surface area contributed by atoms with E-state index in [-0.39, 0.29) is 11.3 Å². The molecule has 0 aromatic heterocycles. The van der Waals surface area contributed by atoms with E-state index in [1.165, 1.54) is 12.8 Å². The molecular weight excluding hydrogens is 262 g/mol. The quantitative estimate of drug-likeness (QED) is 0.870. The average molecular weight is 282 g/mol. The maximum absolute atomic E-state index is 13.7. The largest absolute Gasteiger partial charge is 0.381 e. The van der Waals surface area contributed by atoms with Crippen LogP contribution in [-0.2, 0) is 0 Å². The summed E-state index contributed by atoms with van der Waals surface area (Å²) in [4.78, 5) is 11.9. The van der Waals surface area contributed by atoms with Gasteiger partial charge in [0.25, 0.3) is 5.91 Å². The van der Waals surface area contributed by atoms with Gasteiger partial charge in [0, 0.05) is 18.7 Å². The smallest absolute Gasteiger partial charge is 0.251 e. The molecule has 1 aliphatic carbocycles. The second-order valence-electron chi connectivity index (χ2n) is 5.21. The molecule has 2 rings (SSSR count). The standard InChI is InChI=1S/C15H20F2N2O/c1-2-18-14-12(16)7-11(8-13(14)17)15(20)19-9-10-5-3-4-6-10/h7-8,10,18H,2-6,9H2,1H3,(H,19,20). The molecular formula is C15H20F2N2O. The Labute approximate surface area is 117 Å². The van der Waals surface area contributed by atoms with Gasteiger partial charge in [-0.05, 0) is 37.8 Å². The van der Waals surface area contributed by atoms with Crippen molar-refractivity contribution in [2.45, 2.75) is 32.6 Å². The number of benzene rings is 1. The zero-order valence-corrected chi connectivity index (χ0v) is 11.6. The molecule has 0 aliphatic heterocycles. The van der Waals surface area contributed by atoms with Crippen LogP contribution in [0.4, 0.5) is 14.5 Å². The normalized spacial score (nSPS) is 15.3. The first-order valence-corrected chi connectivity index (χ1v) is 7.13. The lowest BCUT2D eigenvalue weighted by molar-refractivity contribution is 0.0946. The number of halogens is 2. The molecule has 3 nitrogen and oxygen atoms in total. The molecule has 110 valence electrons. The number of rotatable bonds is 5. The number of amides is 1. The van der Waals surface area contributed by atoms with Gasteiger partial charge < -0.3 is 10.6 Å². The van der Waals surface area contributed by atoms with E-state index < -0.39 is 17.5 Å². The molecule has 0 atom stereocenters. The Morgan fingerprint density at radius 1 is 1.25 bits per heavy atom. The molecule has 0 unspecified atom stereocenters. The summed E-state index contributed by atoms with van der Waals surface area (Å²) in [7, 11) is 0. The van der Waals surface area contributed by atoms with E-state index in [4.69, 9.17) is 0 Å². The van der Waals surface area contributed by atoms with Crippen LogP contribution in [0, 0.1) is 17.6 Å². The van der Waals surface area contributed by atoms with Crippen molar-refractivity contribution in [2.75, 3.05) is 18.4 Å². The molecule has 1 fully saturated rings. The fourth-order valence-corrected chi connectivity index (χ4v) is 2.60. The fraction of sp³-hybridized carbons (Fsp3) is 0.533. The van der Waals surface area contributed by atoms with Crippen LogP contribution < -0.4 is 10.6 Å². The van der Waals surface area contributed by atoms with Crippen molar-refractivity contribution in [3.63, 3.8) is 0 Å². The van der Waals surface area contributed by atoms with Crippen LogP contribution in [0.2, 0.25) is 0 Å². The van der Waals surface area contributed by atoms with E-state index in [1.54, 1.807) is 6.92 Å². The molecule has 0 radical (unpaired) electrons. The Morgan fingerprint density at radius 2 is 1.85 bits per heavy atom. The highest BCUT2D eigenvalue weighted by Crippen LogP contribution is 2.24. The number of nitrogens with one attached hydrogen (secondary N) is 2. The van der Waals surface area contributed by atoms with E-state index >= 15 is 0 Å². The van der Waals surface area contributed by atoms with Crippen LogP contribution in [0.3, 0.4) is 0 Å². The number of hydrogen-bond donors (Lipinski definition) is 2. The van der Waals surface area contributed by atoms with E-state index in [9.17, 15) is 13.6 Å². The number of carbonyl (C=O) groups excluding carboxylic acids is 1. The molecule has 1 aromatic carbocycles.